The molecule has 5 aromatic rings. The van der Waals surface area contributed by atoms with E-state index in [1.165, 1.54) is 39.8 Å². The highest BCUT2D eigenvalue weighted by Crippen LogP contribution is 2.33. The third kappa shape index (κ3) is 3.83. The number of hydrogen-bond donors (Lipinski definition) is 0. The molecular formula is C23H15ClN4O4S2. The predicted octanol–water partition coefficient (Wildman–Crippen LogP) is 4.19. The summed E-state index contributed by atoms with van der Waals surface area (Å²) in [5, 5.41) is 2.86. The van der Waals surface area contributed by atoms with Crippen LogP contribution in [0, 0.1) is 0 Å². The van der Waals surface area contributed by atoms with Crippen molar-refractivity contribution in [2.45, 2.75) is 17.5 Å². The van der Waals surface area contributed by atoms with Gasteiger partial charge in [-0.1, -0.05) is 29.4 Å². The highest BCUT2D eigenvalue weighted by molar-refractivity contribution is 7.98. The first-order valence-corrected chi connectivity index (χ1v) is 12.5. The summed E-state index contributed by atoms with van der Waals surface area (Å²) >= 11 is 8.72. The van der Waals surface area contributed by atoms with Crippen molar-refractivity contribution >= 4 is 50.6 Å². The number of nitrogens with zero attached hydrogens (tertiary/aromatic N) is 4. The lowest BCUT2D eigenvalue weighted by Crippen LogP contribution is -2.23. The monoisotopic (exact) mass is 510 g/mol. The summed E-state index contributed by atoms with van der Waals surface area (Å²) in [6.45, 7) is 0.512. The van der Waals surface area contributed by atoms with E-state index in [9.17, 15) is 9.59 Å². The molecule has 6 rings (SSSR count). The summed E-state index contributed by atoms with van der Waals surface area (Å²) in [5.74, 6) is 1.72. The molecule has 1 aromatic carbocycles. The SMILES string of the molecule is O=c1c2sccc2nc(SCc2cc(=O)n3cc(Cl)ccc3n2)n1Cc1ccc2c(c1)OCO2. The van der Waals surface area contributed by atoms with Crippen molar-refractivity contribution in [1.82, 2.24) is 18.9 Å². The van der Waals surface area contributed by atoms with Crippen LogP contribution < -0.4 is 20.6 Å². The number of hydrogen-bond acceptors (Lipinski definition) is 8. The number of pyridine rings is 1. The van der Waals surface area contributed by atoms with Gasteiger partial charge in [-0.05, 0) is 41.3 Å². The van der Waals surface area contributed by atoms with Crippen LogP contribution in [0.5, 0.6) is 11.5 Å². The Hall–Kier alpha value is -3.34. The Morgan fingerprint density at radius 3 is 2.85 bits per heavy atom. The zero-order valence-electron chi connectivity index (χ0n) is 17.4. The zero-order valence-corrected chi connectivity index (χ0v) is 19.8. The second-order valence-electron chi connectivity index (χ2n) is 7.56. The van der Waals surface area contributed by atoms with Crippen molar-refractivity contribution in [2.75, 3.05) is 6.79 Å². The van der Waals surface area contributed by atoms with E-state index in [2.05, 4.69) is 4.98 Å². The van der Waals surface area contributed by atoms with E-state index >= 15 is 0 Å². The fourth-order valence-electron chi connectivity index (χ4n) is 3.73. The van der Waals surface area contributed by atoms with Crippen LogP contribution in [0.1, 0.15) is 11.3 Å². The molecule has 5 heterocycles. The van der Waals surface area contributed by atoms with E-state index in [0.717, 1.165) is 5.56 Å². The first kappa shape index (κ1) is 21.2. The Morgan fingerprint density at radius 2 is 1.94 bits per heavy atom. The van der Waals surface area contributed by atoms with Crippen LogP contribution in [-0.4, -0.2) is 25.7 Å². The molecule has 0 atom stereocenters. The number of rotatable bonds is 5. The van der Waals surface area contributed by atoms with E-state index in [-0.39, 0.29) is 17.9 Å². The number of thioether (sulfide) groups is 1. The topological polar surface area (TPSA) is 87.7 Å². The molecule has 0 saturated heterocycles. The highest BCUT2D eigenvalue weighted by atomic mass is 35.5. The third-order valence-electron chi connectivity index (χ3n) is 5.33. The van der Waals surface area contributed by atoms with Crippen LogP contribution >= 0.6 is 34.7 Å². The average molecular weight is 511 g/mol. The van der Waals surface area contributed by atoms with Crippen LogP contribution in [0.3, 0.4) is 0 Å². The van der Waals surface area contributed by atoms with Crippen molar-refractivity contribution in [3.63, 3.8) is 0 Å². The second-order valence-corrected chi connectivity index (χ2v) is 9.85. The summed E-state index contributed by atoms with van der Waals surface area (Å²) in [4.78, 5) is 35.1. The van der Waals surface area contributed by atoms with Gasteiger partial charge in [0, 0.05) is 18.0 Å². The van der Waals surface area contributed by atoms with Crippen molar-refractivity contribution in [3.05, 3.63) is 91.0 Å². The smallest absolute Gasteiger partial charge is 0.272 e. The maximum Gasteiger partial charge on any atom is 0.272 e. The molecule has 0 aliphatic carbocycles. The van der Waals surface area contributed by atoms with E-state index < -0.39 is 0 Å². The lowest BCUT2D eigenvalue weighted by atomic mass is 10.2. The number of fused-ring (bicyclic) bond motifs is 3. The molecular weight excluding hydrogens is 496 g/mol. The maximum absolute atomic E-state index is 13.3. The molecule has 0 bridgehead atoms. The Bertz CT molecular complexity index is 1690. The molecule has 34 heavy (non-hydrogen) atoms. The van der Waals surface area contributed by atoms with Gasteiger partial charge in [0.25, 0.3) is 11.1 Å². The molecule has 0 spiro atoms. The largest absolute Gasteiger partial charge is 0.454 e. The van der Waals surface area contributed by atoms with E-state index in [4.69, 9.17) is 26.1 Å². The van der Waals surface area contributed by atoms with Gasteiger partial charge in [-0.15, -0.1) is 11.3 Å². The minimum atomic E-state index is -0.220. The average Bonchev–Trinajstić information content (AvgIpc) is 3.49. The molecule has 0 fully saturated rings. The van der Waals surface area contributed by atoms with Gasteiger partial charge in [0.15, 0.2) is 16.7 Å². The van der Waals surface area contributed by atoms with Gasteiger partial charge < -0.3 is 9.47 Å². The maximum atomic E-state index is 13.3. The normalized spacial score (nSPS) is 12.6. The lowest BCUT2D eigenvalue weighted by Gasteiger charge is -2.12. The molecule has 1 aliphatic heterocycles. The minimum Gasteiger partial charge on any atom is -0.454 e. The standard InChI is InChI=1S/C23H15ClN4O4S2/c24-14-2-4-19-25-15(8-20(29)27(19)10-14)11-34-23-26-16-5-6-33-21(16)22(30)28(23)9-13-1-3-17-18(7-13)32-12-31-17/h1-8,10H,9,11-12H2. The van der Waals surface area contributed by atoms with Crippen molar-refractivity contribution in [3.8, 4) is 11.5 Å². The Balaban J connectivity index is 1.36. The van der Waals surface area contributed by atoms with Gasteiger partial charge in [-0.2, -0.15) is 0 Å². The first-order chi connectivity index (χ1) is 16.5. The Kier molecular flexibility index (Phi) is 5.28. The molecule has 4 aromatic heterocycles. The zero-order chi connectivity index (χ0) is 23.2. The molecule has 0 radical (unpaired) electrons. The number of halogens is 1. The van der Waals surface area contributed by atoms with Crippen LogP contribution in [0.25, 0.3) is 15.9 Å². The number of thiophene rings is 1. The van der Waals surface area contributed by atoms with Crippen molar-refractivity contribution < 1.29 is 9.47 Å². The minimum absolute atomic E-state index is 0.110. The van der Waals surface area contributed by atoms with Gasteiger partial charge in [-0.25, -0.2) is 9.97 Å². The van der Waals surface area contributed by atoms with Crippen LogP contribution in [-0.2, 0) is 12.3 Å². The molecule has 8 nitrogen and oxygen atoms in total. The molecule has 1 aliphatic rings. The van der Waals surface area contributed by atoms with Crippen molar-refractivity contribution in [1.29, 1.82) is 0 Å². The lowest BCUT2D eigenvalue weighted by molar-refractivity contribution is 0.174. The summed E-state index contributed by atoms with van der Waals surface area (Å²) in [6, 6.07) is 12.3. The Morgan fingerprint density at radius 1 is 1.06 bits per heavy atom. The number of benzene rings is 1. The van der Waals surface area contributed by atoms with Crippen LogP contribution in [0.15, 0.2) is 68.8 Å². The highest BCUT2D eigenvalue weighted by Gasteiger charge is 2.17. The molecule has 0 saturated carbocycles. The Labute approximate surface area is 205 Å². The second kappa shape index (κ2) is 8.46. The van der Waals surface area contributed by atoms with Crippen LogP contribution in [0.4, 0.5) is 0 Å². The van der Waals surface area contributed by atoms with E-state index in [1.54, 1.807) is 16.7 Å². The quantitative estimate of drug-likeness (QED) is 0.259. The number of aromatic nitrogens is 4. The molecule has 11 heteroatoms. The van der Waals surface area contributed by atoms with Gasteiger partial charge in [0.1, 0.15) is 10.3 Å². The van der Waals surface area contributed by atoms with E-state index in [0.29, 0.717) is 55.5 Å². The first-order valence-electron chi connectivity index (χ1n) is 10.2. The molecule has 0 N–H and O–H groups in total. The summed E-state index contributed by atoms with van der Waals surface area (Å²) in [7, 11) is 0. The summed E-state index contributed by atoms with van der Waals surface area (Å²) < 4.78 is 14.5. The predicted molar refractivity (Wildman–Crippen MR) is 132 cm³/mol. The molecule has 0 amide bonds. The fraction of sp³-hybridized carbons (Fsp3) is 0.130. The van der Waals surface area contributed by atoms with Gasteiger partial charge in [0.05, 0.1) is 22.8 Å². The van der Waals surface area contributed by atoms with Crippen molar-refractivity contribution in [2.24, 2.45) is 0 Å². The van der Waals surface area contributed by atoms with Crippen LogP contribution in [0.2, 0.25) is 5.02 Å². The van der Waals surface area contributed by atoms with Gasteiger partial charge in [-0.3, -0.25) is 18.6 Å². The van der Waals surface area contributed by atoms with E-state index in [1.807, 2.05) is 29.6 Å². The van der Waals surface area contributed by atoms with Gasteiger partial charge >= 0.3 is 0 Å². The fourth-order valence-corrected chi connectivity index (χ4v) is 5.56. The molecule has 170 valence electrons. The molecule has 0 unspecified atom stereocenters. The third-order valence-corrected chi connectivity index (χ3v) is 7.46. The number of ether oxygens (including phenoxy) is 2. The van der Waals surface area contributed by atoms with Gasteiger partial charge in [0.2, 0.25) is 6.79 Å². The summed E-state index contributed by atoms with van der Waals surface area (Å²) in [6.07, 6.45) is 1.54. The summed E-state index contributed by atoms with van der Waals surface area (Å²) in [5.41, 5.74) is 2.31.